The predicted octanol–water partition coefficient (Wildman–Crippen LogP) is 2.21. The lowest BCUT2D eigenvalue weighted by atomic mass is 10.2. The van der Waals surface area contributed by atoms with Gasteiger partial charge in [-0.05, 0) is 31.0 Å². The van der Waals surface area contributed by atoms with Crippen molar-refractivity contribution in [3.63, 3.8) is 0 Å². The minimum absolute atomic E-state index is 0.0640. The zero-order valence-corrected chi connectivity index (χ0v) is 12.0. The maximum absolute atomic E-state index is 12.2. The summed E-state index contributed by atoms with van der Waals surface area (Å²) < 4.78 is 0. The number of aryl methyl sites for hydroxylation is 1. The quantitative estimate of drug-likeness (QED) is 0.677. The van der Waals surface area contributed by atoms with E-state index in [4.69, 9.17) is 5.73 Å². The summed E-state index contributed by atoms with van der Waals surface area (Å²) in [5, 5.41) is -0.306. The van der Waals surface area contributed by atoms with Crippen molar-refractivity contribution in [3.8, 4) is 0 Å². The van der Waals surface area contributed by atoms with Crippen LogP contribution in [0.1, 0.15) is 25.3 Å². The van der Waals surface area contributed by atoms with E-state index in [0.29, 0.717) is 12.2 Å². The average molecular weight is 278 g/mol. The van der Waals surface area contributed by atoms with E-state index in [-0.39, 0.29) is 23.5 Å². The van der Waals surface area contributed by atoms with E-state index in [1.54, 1.807) is 0 Å². The lowest BCUT2D eigenvalue weighted by Gasteiger charge is -2.14. The largest absolute Gasteiger partial charge is 0.399 e. The maximum Gasteiger partial charge on any atom is 0.243 e. The Morgan fingerprint density at radius 3 is 2.84 bits per heavy atom. The summed E-state index contributed by atoms with van der Waals surface area (Å²) in [4.78, 5) is 26.3. The number of nitrogen functional groups attached to an aromatic ring is 1. The van der Waals surface area contributed by atoms with E-state index in [2.05, 4.69) is 0 Å². The first kappa shape index (κ1) is 13.9. The smallest absolute Gasteiger partial charge is 0.243 e. The third kappa shape index (κ3) is 2.92. The fourth-order valence-corrected chi connectivity index (χ4v) is 3.32. The Labute approximate surface area is 117 Å². The van der Waals surface area contributed by atoms with Gasteiger partial charge in [0, 0.05) is 23.5 Å². The number of anilines is 1. The van der Waals surface area contributed by atoms with Crippen LogP contribution in [0.15, 0.2) is 23.1 Å². The summed E-state index contributed by atoms with van der Waals surface area (Å²) in [6.07, 6.45) is 1.09. The van der Waals surface area contributed by atoms with Gasteiger partial charge in [-0.15, -0.1) is 11.8 Å². The van der Waals surface area contributed by atoms with Crippen LogP contribution in [-0.2, 0) is 9.59 Å². The Kier molecular flexibility index (Phi) is 4.14. The van der Waals surface area contributed by atoms with Gasteiger partial charge in [-0.25, -0.2) is 0 Å². The van der Waals surface area contributed by atoms with Gasteiger partial charge in [0.2, 0.25) is 11.8 Å². The normalized spacial score (nSPS) is 19.3. The zero-order valence-electron chi connectivity index (χ0n) is 11.2. The van der Waals surface area contributed by atoms with Crippen molar-refractivity contribution in [2.45, 2.75) is 36.8 Å². The molecule has 1 aromatic rings. The number of likely N-dealkylation sites (tertiary alicyclic amines) is 1. The van der Waals surface area contributed by atoms with Crippen molar-refractivity contribution in [2.75, 3.05) is 12.3 Å². The molecule has 0 radical (unpaired) electrons. The Hall–Kier alpha value is -1.49. The van der Waals surface area contributed by atoms with Crippen LogP contribution in [0.25, 0.3) is 0 Å². The van der Waals surface area contributed by atoms with Gasteiger partial charge in [0.1, 0.15) is 0 Å². The number of hydrogen-bond donors (Lipinski definition) is 1. The van der Waals surface area contributed by atoms with Gasteiger partial charge >= 0.3 is 0 Å². The molecule has 0 saturated carbocycles. The van der Waals surface area contributed by atoms with Crippen LogP contribution in [0.4, 0.5) is 5.69 Å². The second-order valence-electron chi connectivity index (χ2n) is 4.72. The van der Waals surface area contributed by atoms with E-state index >= 15 is 0 Å². The highest BCUT2D eigenvalue weighted by molar-refractivity contribution is 8.00. The molecule has 1 aliphatic heterocycles. The van der Waals surface area contributed by atoms with Gasteiger partial charge in [0.15, 0.2) is 0 Å². The lowest BCUT2D eigenvalue weighted by molar-refractivity contribution is -0.138. The molecule has 0 spiro atoms. The monoisotopic (exact) mass is 278 g/mol. The summed E-state index contributed by atoms with van der Waals surface area (Å²) in [7, 11) is 0. The van der Waals surface area contributed by atoms with Gasteiger partial charge in [0.25, 0.3) is 0 Å². The van der Waals surface area contributed by atoms with Crippen molar-refractivity contribution in [1.29, 1.82) is 0 Å². The molecule has 1 atom stereocenters. The number of carbonyl (C=O) groups is 2. The highest BCUT2D eigenvalue weighted by Gasteiger charge is 2.38. The number of hydrogen-bond acceptors (Lipinski definition) is 4. The van der Waals surface area contributed by atoms with Crippen molar-refractivity contribution in [1.82, 2.24) is 4.90 Å². The third-order valence-electron chi connectivity index (χ3n) is 3.13. The first-order chi connectivity index (χ1) is 9.02. The number of nitrogens with zero attached hydrogens (tertiary/aromatic N) is 1. The summed E-state index contributed by atoms with van der Waals surface area (Å²) in [5.74, 6) is -0.135. The average Bonchev–Trinajstić information content (AvgIpc) is 2.62. The molecule has 1 saturated heterocycles. The Balaban J connectivity index is 2.14. The molecule has 1 aromatic carbocycles. The van der Waals surface area contributed by atoms with E-state index < -0.39 is 0 Å². The standard InChI is InChI=1S/C14H18N2O2S/c1-3-6-16-13(17)8-12(14(16)18)19-11-7-10(15)5-4-9(11)2/h4-5,7,12H,3,6,8,15H2,1-2H3. The fraction of sp³-hybridized carbons (Fsp3) is 0.429. The molecule has 2 rings (SSSR count). The van der Waals surface area contributed by atoms with Gasteiger partial charge in [0.05, 0.1) is 5.25 Å². The molecule has 1 aliphatic rings. The molecule has 19 heavy (non-hydrogen) atoms. The molecule has 0 aliphatic carbocycles. The van der Waals surface area contributed by atoms with Crippen LogP contribution in [0.2, 0.25) is 0 Å². The van der Waals surface area contributed by atoms with E-state index in [1.165, 1.54) is 16.7 Å². The molecule has 2 N–H and O–H groups in total. The SMILES string of the molecule is CCCN1C(=O)CC(Sc2cc(N)ccc2C)C1=O. The predicted molar refractivity (Wildman–Crippen MR) is 76.9 cm³/mol. The number of rotatable bonds is 4. The highest BCUT2D eigenvalue weighted by Crippen LogP contribution is 2.34. The number of amides is 2. The summed E-state index contributed by atoms with van der Waals surface area (Å²) in [6, 6.07) is 5.63. The van der Waals surface area contributed by atoms with Crippen molar-refractivity contribution in [2.24, 2.45) is 0 Å². The number of benzene rings is 1. The molecule has 1 heterocycles. The van der Waals surface area contributed by atoms with Crippen LogP contribution in [0, 0.1) is 6.92 Å². The van der Waals surface area contributed by atoms with Crippen LogP contribution in [0.3, 0.4) is 0 Å². The topological polar surface area (TPSA) is 63.4 Å². The van der Waals surface area contributed by atoms with Crippen LogP contribution >= 0.6 is 11.8 Å². The van der Waals surface area contributed by atoms with E-state index in [9.17, 15) is 9.59 Å². The van der Waals surface area contributed by atoms with Gasteiger partial charge in [-0.3, -0.25) is 14.5 Å². The summed E-state index contributed by atoms with van der Waals surface area (Å²) in [6.45, 7) is 4.46. The summed E-state index contributed by atoms with van der Waals surface area (Å²) >= 11 is 1.44. The van der Waals surface area contributed by atoms with Crippen LogP contribution in [0.5, 0.6) is 0 Å². The second-order valence-corrected chi connectivity index (χ2v) is 5.96. The molecule has 102 valence electrons. The van der Waals surface area contributed by atoms with Gasteiger partial charge in [-0.1, -0.05) is 13.0 Å². The zero-order chi connectivity index (χ0) is 14.0. The number of carbonyl (C=O) groups excluding carboxylic acids is 2. The van der Waals surface area contributed by atoms with E-state index in [1.807, 2.05) is 32.0 Å². The minimum Gasteiger partial charge on any atom is -0.399 e. The fourth-order valence-electron chi connectivity index (χ4n) is 2.10. The van der Waals surface area contributed by atoms with E-state index in [0.717, 1.165) is 16.9 Å². The number of thioether (sulfide) groups is 1. The Bertz CT molecular complexity index is 516. The molecular weight excluding hydrogens is 260 g/mol. The molecule has 0 bridgehead atoms. The minimum atomic E-state index is -0.306. The van der Waals surface area contributed by atoms with Gasteiger partial charge in [-0.2, -0.15) is 0 Å². The molecule has 1 unspecified atom stereocenters. The molecule has 4 nitrogen and oxygen atoms in total. The summed E-state index contributed by atoms with van der Waals surface area (Å²) in [5.41, 5.74) is 7.52. The highest BCUT2D eigenvalue weighted by atomic mass is 32.2. The number of imide groups is 1. The second kappa shape index (κ2) is 5.65. The molecule has 0 aromatic heterocycles. The molecular formula is C14H18N2O2S. The Morgan fingerprint density at radius 2 is 2.16 bits per heavy atom. The van der Waals surface area contributed by atoms with Crippen LogP contribution in [-0.4, -0.2) is 28.5 Å². The number of nitrogens with two attached hydrogens (primary N) is 1. The third-order valence-corrected chi connectivity index (χ3v) is 4.48. The molecule has 2 amide bonds. The first-order valence-electron chi connectivity index (χ1n) is 6.40. The first-order valence-corrected chi connectivity index (χ1v) is 7.28. The van der Waals surface area contributed by atoms with Crippen LogP contribution < -0.4 is 5.73 Å². The molecule has 5 heteroatoms. The maximum atomic E-state index is 12.2. The van der Waals surface area contributed by atoms with Gasteiger partial charge < -0.3 is 5.73 Å². The lowest BCUT2D eigenvalue weighted by Crippen LogP contribution is -2.31. The van der Waals surface area contributed by atoms with Crippen molar-refractivity contribution >= 4 is 29.3 Å². The molecule has 1 fully saturated rings. The van der Waals surface area contributed by atoms with Crippen molar-refractivity contribution < 1.29 is 9.59 Å². The van der Waals surface area contributed by atoms with Crippen molar-refractivity contribution in [3.05, 3.63) is 23.8 Å². The Morgan fingerprint density at radius 1 is 1.42 bits per heavy atom.